The van der Waals surface area contributed by atoms with Crippen molar-refractivity contribution in [1.82, 2.24) is 19.5 Å². The maximum Gasteiger partial charge on any atom is 0.259 e. The molecule has 0 saturated heterocycles. The summed E-state index contributed by atoms with van der Waals surface area (Å²) in [6.45, 7) is 1.02. The van der Waals surface area contributed by atoms with Gasteiger partial charge in [-0.05, 0) is 44.0 Å². The largest absolute Gasteiger partial charge is 0.394 e. The molecule has 35 heavy (non-hydrogen) atoms. The van der Waals surface area contributed by atoms with Crippen LogP contribution in [0.4, 0.5) is 10.2 Å². The van der Waals surface area contributed by atoms with Crippen molar-refractivity contribution in [1.29, 1.82) is 0 Å². The molecule has 11 nitrogen and oxygen atoms in total. The number of carbonyl (C=O) groups is 1. The summed E-state index contributed by atoms with van der Waals surface area (Å²) in [5, 5.41) is 26.5. The van der Waals surface area contributed by atoms with Gasteiger partial charge in [-0.3, -0.25) is 9.80 Å². The number of carbonyl (C=O) groups excluding carboxylic acids is 1. The zero-order valence-electron chi connectivity index (χ0n) is 19.1. The summed E-state index contributed by atoms with van der Waals surface area (Å²) in [6.07, 6.45) is 5.57. The van der Waals surface area contributed by atoms with Crippen molar-refractivity contribution in [3.05, 3.63) is 71.2 Å². The van der Waals surface area contributed by atoms with Gasteiger partial charge >= 0.3 is 0 Å². The number of imidazole rings is 1. The lowest BCUT2D eigenvalue weighted by Crippen LogP contribution is -2.47. The first kappa shape index (κ1) is 24.3. The molecule has 1 atom stereocenters. The lowest BCUT2D eigenvalue weighted by molar-refractivity contribution is 0.102. The molecule has 0 bridgehead atoms. The fraction of sp³-hybridized carbons (Fsp3) is 0.304. The summed E-state index contributed by atoms with van der Waals surface area (Å²) in [7, 11) is 0. The van der Waals surface area contributed by atoms with E-state index < -0.39 is 24.4 Å². The smallest absolute Gasteiger partial charge is 0.259 e. The predicted molar refractivity (Wildman–Crippen MR) is 127 cm³/mol. The number of aliphatic hydroxyl groups excluding tert-OH is 2. The summed E-state index contributed by atoms with van der Waals surface area (Å²) >= 11 is 0. The molecule has 1 saturated carbocycles. The van der Waals surface area contributed by atoms with Crippen molar-refractivity contribution < 1.29 is 19.4 Å². The minimum absolute atomic E-state index is 0.0926. The molecule has 1 amide bonds. The molecular weight excluding hydrogens is 455 g/mol. The van der Waals surface area contributed by atoms with Crippen molar-refractivity contribution in [2.45, 2.75) is 38.3 Å². The molecule has 7 N–H and O–H groups in total. The highest BCUT2D eigenvalue weighted by Gasteiger charge is 2.26. The normalized spacial score (nSPS) is 14.6. The lowest BCUT2D eigenvalue weighted by atomic mass is 10.1. The number of benzene rings is 1. The standard InChI is InChI=1S/C23H27FN8O3/c1-13(10-33)32(26)22(30-25)18-3-2-4-21(28-18)29-23(35)16-8-20(15(11-34)7-17(16)24)31-9-19(27-12-31)14-5-6-14/h2-4,7-9,12-14,33-34H,5-6,10-11,25-26H2,1H3,(H,28,29,35)/b30-22-/t13-/m1/s1. The number of hydrogen-bond donors (Lipinski definition) is 5. The average molecular weight is 483 g/mol. The Morgan fingerprint density at radius 3 is 2.80 bits per heavy atom. The number of amides is 1. The minimum Gasteiger partial charge on any atom is -0.394 e. The second-order valence-electron chi connectivity index (χ2n) is 8.35. The predicted octanol–water partition coefficient (Wildman–Crippen LogP) is 1.21. The quantitative estimate of drug-likeness (QED) is 0.138. The van der Waals surface area contributed by atoms with E-state index in [1.165, 1.54) is 12.1 Å². The zero-order valence-corrected chi connectivity index (χ0v) is 19.1. The van der Waals surface area contributed by atoms with Gasteiger partial charge < -0.3 is 25.9 Å². The number of aromatic nitrogens is 3. The van der Waals surface area contributed by atoms with Crippen LogP contribution < -0.4 is 17.0 Å². The lowest BCUT2D eigenvalue weighted by Gasteiger charge is -2.25. The van der Waals surface area contributed by atoms with Gasteiger partial charge in [-0.15, -0.1) is 0 Å². The molecule has 184 valence electrons. The van der Waals surface area contributed by atoms with E-state index in [0.717, 1.165) is 29.6 Å². The van der Waals surface area contributed by atoms with Gasteiger partial charge in [0.25, 0.3) is 5.91 Å². The molecule has 0 spiro atoms. The number of rotatable bonds is 8. The molecule has 2 heterocycles. The van der Waals surface area contributed by atoms with E-state index in [-0.39, 0.29) is 29.5 Å². The van der Waals surface area contributed by atoms with Crippen LogP contribution in [-0.4, -0.2) is 54.1 Å². The van der Waals surface area contributed by atoms with Gasteiger partial charge in [-0.2, -0.15) is 5.10 Å². The van der Waals surface area contributed by atoms with E-state index in [0.29, 0.717) is 17.2 Å². The molecular formula is C23H27FN8O3. The van der Waals surface area contributed by atoms with Gasteiger partial charge in [0.05, 0.1) is 42.5 Å². The zero-order chi connectivity index (χ0) is 25.1. The molecule has 12 heteroatoms. The van der Waals surface area contributed by atoms with Crippen molar-refractivity contribution >= 4 is 17.6 Å². The fourth-order valence-electron chi connectivity index (χ4n) is 3.58. The number of hydrogen-bond acceptors (Lipinski definition) is 8. The van der Waals surface area contributed by atoms with Crippen LogP contribution in [0.3, 0.4) is 0 Å². The van der Waals surface area contributed by atoms with E-state index in [1.807, 2.05) is 6.20 Å². The first-order valence-electron chi connectivity index (χ1n) is 11.0. The Morgan fingerprint density at radius 2 is 2.14 bits per heavy atom. The SMILES string of the molecule is C[C@H](CO)N(N)/C(=N\N)c1cccc(NC(=O)c2cc(-n3cnc(C4CC4)c3)c(CO)cc2F)n1. The number of hydrazone groups is 1. The van der Waals surface area contributed by atoms with Gasteiger partial charge in [0.2, 0.25) is 0 Å². The highest BCUT2D eigenvalue weighted by molar-refractivity contribution is 6.05. The number of nitrogens with zero attached hydrogens (tertiary/aromatic N) is 5. The highest BCUT2D eigenvalue weighted by atomic mass is 19.1. The average Bonchev–Trinajstić information content (AvgIpc) is 3.60. The molecule has 0 radical (unpaired) electrons. The van der Waals surface area contributed by atoms with Crippen LogP contribution in [0.5, 0.6) is 0 Å². The third kappa shape index (κ3) is 5.14. The maximum atomic E-state index is 14.8. The van der Waals surface area contributed by atoms with Crippen molar-refractivity contribution in [3.8, 4) is 5.69 Å². The first-order valence-corrected chi connectivity index (χ1v) is 11.0. The maximum absolute atomic E-state index is 14.8. The highest BCUT2D eigenvalue weighted by Crippen LogP contribution is 2.39. The third-order valence-electron chi connectivity index (χ3n) is 5.79. The molecule has 4 rings (SSSR count). The third-order valence-corrected chi connectivity index (χ3v) is 5.79. The summed E-state index contributed by atoms with van der Waals surface area (Å²) in [6, 6.07) is 6.71. The number of hydrazine groups is 1. The van der Waals surface area contributed by atoms with E-state index in [9.17, 15) is 19.4 Å². The Kier molecular flexibility index (Phi) is 7.05. The summed E-state index contributed by atoms with van der Waals surface area (Å²) < 4.78 is 16.5. The number of amidine groups is 1. The van der Waals surface area contributed by atoms with Gasteiger partial charge in [-0.25, -0.2) is 20.2 Å². The van der Waals surface area contributed by atoms with Crippen LogP contribution in [0, 0.1) is 5.82 Å². The Hall–Kier alpha value is -3.87. The van der Waals surface area contributed by atoms with Crippen LogP contribution >= 0.6 is 0 Å². The number of nitrogens with two attached hydrogens (primary N) is 2. The van der Waals surface area contributed by atoms with E-state index in [1.54, 1.807) is 30.0 Å². The van der Waals surface area contributed by atoms with Crippen LogP contribution in [0.25, 0.3) is 5.69 Å². The van der Waals surface area contributed by atoms with Gasteiger partial charge in [0.1, 0.15) is 17.3 Å². The Balaban J connectivity index is 1.61. The van der Waals surface area contributed by atoms with Crippen LogP contribution in [0.2, 0.25) is 0 Å². The Labute approximate surface area is 200 Å². The van der Waals surface area contributed by atoms with Crippen molar-refractivity contribution in [2.24, 2.45) is 16.8 Å². The Morgan fingerprint density at radius 1 is 1.37 bits per heavy atom. The van der Waals surface area contributed by atoms with E-state index >= 15 is 0 Å². The molecule has 1 aromatic carbocycles. The van der Waals surface area contributed by atoms with E-state index in [4.69, 9.17) is 11.7 Å². The van der Waals surface area contributed by atoms with Crippen LogP contribution in [0.1, 0.15) is 53.0 Å². The molecule has 2 aromatic heterocycles. The number of pyridine rings is 1. The Bertz CT molecular complexity index is 1260. The molecule has 1 aliphatic carbocycles. The summed E-state index contributed by atoms with van der Waals surface area (Å²) in [5.41, 5.74) is 1.72. The minimum atomic E-state index is -0.789. The number of aliphatic hydroxyl groups is 2. The topological polar surface area (TPSA) is 168 Å². The molecule has 1 aliphatic rings. The summed E-state index contributed by atoms with van der Waals surface area (Å²) in [4.78, 5) is 21.7. The van der Waals surface area contributed by atoms with E-state index in [2.05, 4.69) is 20.4 Å². The molecule has 0 unspecified atom stereocenters. The van der Waals surface area contributed by atoms with Crippen LogP contribution in [-0.2, 0) is 6.61 Å². The van der Waals surface area contributed by atoms with Gasteiger partial charge in [-0.1, -0.05) is 6.07 Å². The van der Waals surface area contributed by atoms with Crippen LogP contribution in [0.15, 0.2) is 48.0 Å². The second kappa shape index (κ2) is 10.2. The number of anilines is 1. The first-order chi connectivity index (χ1) is 16.9. The number of halogens is 1. The van der Waals surface area contributed by atoms with Gasteiger partial charge in [0.15, 0.2) is 5.84 Å². The van der Waals surface area contributed by atoms with Gasteiger partial charge in [0, 0.05) is 17.7 Å². The fourth-order valence-corrected chi connectivity index (χ4v) is 3.58. The summed E-state index contributed by atoms with van der Waals surface area (Å²) in [5.74, 6) is 10.5. The van der Waals surface area contributed by atoms with Crippen molar-refractivity contribution in [3.63, 3.8) is 0 Å². The molecule has 3 aromatic rings. The van der Waals surface area contributed by atoms with Crippen molar-refractivity contribution in [2.75, 3.05) is 11.9 Å². The molecule has 0 aliphatic heterocycles. The second-order valence-corrected chi connectivity index (χ2v) is 8.35. The molecule has 1 fully saturated rings. The monoisotopic (exact) mass is 482 g/mol. The number of nitrogens with one attached hydrogen (secondary N) is 1.